The van der Waals surface area contributed by atoms with E-state index in [0.717, 1.165) is 11.2 Å². The quantitative estimate of drug-likeness (QED) is 0.794. The van der Waals surface area contributed by atoms with Gasteiger partial charge in [-0.05, 0) is 12.1 Å². The summed E-state index contributed by atoms with van der Waals surface area (Å²) >= 11 is 0. The third-order valence-corrected chi connectivity index (χ3v) is 3.68. The highest BCUT2D eigenvalue weighted by Gasteiger charge is 2.32. The van der Waals surface area contributed by atoms with E-state index >= 15 is 0 Å². The standard InChI is InChI=1S/C11H15F3N2O3S/c1-20(18,19)9-4-2-3-8(10(9)15)16(5-6-17)7-11(12,13)14/h2-4,17H,5-7,15H2,1H3. The summed E-state index contributed by atoms with van der Waals surface area (Å²) in [6.45, 7) is -2.15. The second-order valence-electron chi connectivity index (χ2n) is 4.22. The van der Waals surface area contributed by atoms with E-state index in [4.69, 9.17) is 10.8 Å². The Morgan fingerprint density at radius 3 is 2.40 bits per heavy atom. The summed E-state index contributed by atoms with van der Waals surface area (Å²) in [5.74, 6) is 0. The first-order valence-corrected chi connectivity index (χ1v) is 7.46. The molecule has 0 heterocycles. The lowest BCUT2D eigenvalue weighted by Gasteiger charge is -2.27. The molecular formula is C11H15F3N2O3S. The summed E-state index contributed by atoms with van der Waals surface area (Å²) in [5, 5.41) is 8.85. The summed E-state index contributed by atoms with van der Waals surface area (Å²) in [5.41, 5.74) is 5.32. The van der Waals surface area contributed by atoms with Gasteiger partial charge in [0.25, 0.3) is 0 Å². The Morgan fingerprint density at radius 2 is 1.95 bits per heavy atom. The van der Waals surface area contributed by atoms with Crippen LogP contribution in [0.15, 0.2) is 23.1 Å². The van der Waals surface area contributed by atoms with Crippen LogP contribution in [0.5, 0.6) is 0 Å². The van der Waals surface area contributed by atoms with Crippen molar-refractivity contribution in [3.8, 4) is 0 Å². The maximum absolute atomic E-state index is 12.5. The van der Waals surface area contributed by atoms with Crippen molar-refractivity contribution in [2.24, 2.45) is 0 Å². The molecule has 0 saturated carbocycles. The number of hydrogen-bond acceptors (Lipinski definition) is 5. The van der Waals surface area contributed by atoms with Gasteiger partial charge >= 0.3 is 6.18 Å². The minimum Gasteiger partial charge on any atom is -0.396 e. The summed E-state index contributed by atoms with van der Waals surface area (Å²) < 4.78 is 60.5. The van der Waals surface area contributed by atoms with Crippen LogP contribution in [0, 0.1) is 0 Å². The molecule has 0 amide bonds. The minimum absolute atomic E-state index is 0.0701. The van der Waals surface area contributed by atoms with E-state index in [9.17, 15) is 21.6 Å². The van der Waals surface area contributed by atoms with Crippen molar-refractivity contribution >= 4 is 21.2 Å². The number of nitrogen functional groups attached to an aromatic ring is 1. The molecule has 1 rings (SSSR count). The highest BCUT2D eigenvalue weighted by molar-refractivity contribution is 7.90. The summed E-state index contributed by atoms with van der Waals surface area (Å²) in [6, 6.07) is 3.81. The molecule has 0 spiro atoms. The molecule has 1 aromatic carbocycles. The van der Waals surface area contributed by atoms with E-state index in [1.807, 2.05) is 0 Å². The van der Waals surface area contributed by atoms with Crippen LogP contribution in [0.3, 0.4) is 0 Å². The predicted octanol–water partition coefficient (Wildman–Crippen LogP) is 1.03. The van der Waals surface area contributed by atoms with Crippen LogP contribution in [0.1, 0.15) is 0 Å². The monoisotopic (exact) mass is 312 g/mol. The minimum atomic E-state index is -4.50. The number of para-hydroxylation sites is 1. The van der Waals surface area contributed by atoms with Gasteiger partial charge in [0.05, 0.1) is 22.9 Å². The van der Waals surface area contributed by atoms with E-state index in [1.54, 1.807) is 0 Å². The molecule has 0 fully saturated rings. The van der Waals surface area contributed by atoms with Gasteiger partial charge in [-0.2, -0.15) is 13.2 Å². The zero-order valence-corrected chi connectivity index (χ0v) is 11.5. The predicted molar refractivity (Wildman–Crippen MR) is 69.3 cm³/mol. The van der Waals surface area contributed by atoms with Gasteiger partial charge in [-0.25, -0.2) is 8.42 Å². The fraction of sp³-hybridized carbons (Fsp3) is 0.455. The average Bonchev–Trinajstić information content (AvgIpc) is 2.25. The number of aliphatic hydroxyl groups excluding tert-OH is 1. The second-order valence-corrected chi connectivity index (χ2v) is 6.21. The molecule has 5 nitrogen and oxygen atoms in total. The molecule has 0 radical (unpaired) electrons. The smallest absolute Gasteiger partial charge is 0.396 e. The van der Waals surface area contributed by atoms with Crippen LogP contribution in [0.2, 0.25) is 0 Å². The zero-order valence-electron chi connectivity index (χ0n) is 10.7. The molecule has 9 heteroatoms. The van der Waals surface area contributed by atoms with Gasteiger partial charge in [0.1, 0.15) is 6.54 Å². The van der Waals surface area contributed by atoms with Crippen molar-refractivity contribution in [1.82, 2.24) is 0 Å². The molecule has 0 bridgehead atoms. The van der Waals surface area contributed by atoms with E-state index < -0.39 is 29.2 Å². The van der Waals surface area contributed by atoms with Gasteiger partial charge in [0.15, 0.2) is 9.84 Å². The third kappa shape index (κ3) is 4.27. The Bertz CT molecular complexity index is 573. The van der Waals surface area contributed by atoms with Crippen molar-refractivity contribution in [3.63, 3.8) is 0 Å². The normalized spacial score (nSPS) is 12.4. The van der Waals surface area contributed by atoms with Gasteiger partial charge in [-0.1, -0.05) is 6.07 Å². The van der Waals surface area contributed by atoms with E-state index in [1.165, 1.54) is 18.2 Å². The molecule has 0 aliphatic rings. The number of hydrogen-bond donors (Lipinski definition) is 2. The van der Waals surface area contributed by atoms with Gasteiger partial charge < -0.3 is 15.7 Å². The summed E-state index contributed by atoms with van der Waals surface area (Å²) in [7, 11) is -3.64. The van der Waals surface area contributed by atoms with Gasteiger partial charge in [-0.3, -0.25) is 0 Å². The van der Waals surface area contributed by atoms with Crippen molar-refractivity contribution < 1.29 is 26.7 Å². The molecule has 0 atom stereocenters. The largest absolute Gasteiger partial charge is 0.405 e. The first-order valence-electron chi connectivity index (χ1n) is 5.57. The molecule has 114 valence electrons. The van der Waals surface area contributed by atoms with Gasteiger partial charge in [0, 0.05) is 12.8 Å². The lowest BCUT2D eigenvalue weighted by molar-refractivity contribution is -0.119. The zero-order chi connectivity index (χ0) is 15.6. The highest BCUT2D eigenvalue weighted by atomic mass is 32.2. The lowest BCUT2D eigenvalue weighted by atomic mass is 10.2. The topological polar surface area (TPSA) is 83.6 Å². The number of halogens is 3. The Hall–Kier alpha value is -1.48. The Balaban J connectivity index is 3.28. The van der Waals surface area contributed by atoms with E-state index in [-0.39, 0.29) is 22.8 Å². The van der Waals surface area contributed by atoms with E-state index in [0.29, 0.717) is 0 Å². The number of nitrogens with two attached hydrogens (primary N) is 1. The molecule has 0 aliphatic carbocycles. The molecule has 0 aromatic heterocycles. The maximum Gasteiger partial charge on any atom is 0.405 e. The molecule has 3 N–H and O–H groups in total. The average molecular weight is 312 g/mol. The lowest BCUT2D eigenvalue weighted by Crippen LogP contribution is -2.36. The van der Waals surface area contributed by atoms with Crippen LogP contribution in [-0.2, 0) is 9.84 Å². The maximum atomic E-state index is 12.5. The number of benzene rings is 1. The third-order valence-electron chi connectivity index (χ3n) is 2.52. The van der Waals surface area contributed by atoms with Crippen LogP contribution in [0.4, 0.5) is 24.5 Å². The van der Waals surface area contributed by atoms with Crippen LogP contribution < -0.4 is 10.6 Å². The Kier molecular flexibility index (Phi) is 4.87. The molecule has 1 aromatic rings. The fourth-order valence-corrected chi connectivity index (χ4v) is 2.58. The molecule has 0 saturated heterocycles. The highest BCUT2D eigenvalue weighted by Crippen LogP contribution is 2.31. The first-order chi connectivity index (χ1) is 9.06. The number of rotatable bonds is 5. The van der Waals surface area contributed by atoms with Crippen LogP contribution in [-0.4, -0.2) is 45.7 Å². The SMILES string of the molecule is CS(=O)(=O)c1cccc(N(CCO)CC(F)(F)F)c1N. The molecule has 0 unspecified atom stereocenters. The number of alkyl halides is 3. The second kappa shape index (κ2) is 5.88. The van der Waals surface area contributed by atoms with Crippen molar-refractivity contribution in [1.29, 1.82) is 0 Å². The number of nitrogens with zero attached hydrogens (tertiary/aromatic N) is 1. The van der Waals surface area contributed by atoms with E-state index in [2.05, 4.69) is 0 Å². The molecule has 20 heavy (non-hydrogen) atoms. The van der Waals surface area contributed by atoms with Gasteiger partial charge in [-0.15, -0.1) is 0 Å². The number of aliphatic hydroxyl groups is 1. The van der Waals surface area contributed by atoms with Gasteiger partial charge in [0.2, 0.25) is 0 Å². The Morgan fingerprint density at radius 1 is 1.35 bits per heavy atom. The fourth-order valence-electron chi connectivity index (χ4n) is 1.75. The first kappa shape index (κ1) is 16.6. The number of anilines is 2. The van der Waals surface area contributed by atoms with Crippen molar-refractivity contribution in [2.75, 3.05) is 36.6 Å². The van der Waals surface area contributed by atoms with Crippen molar-refractivity contribution in [3.05, 3.63) is 18.2 Å². The van der Waals surface area contributed by atoms with Crippen LogP contribution in [0.25, 0.3) is 0 Å². The Labute approximate surface area is 114 Å². The van der Waals surface area contributed by atoms with Crippen molar-refractivity contribution in [2.45, 2.75) is 11.1 Å². The molecular weight excluding hydrogens is 297 g/mol. The van der Waals surface area contributed by atoms with Crippen LogP contribution >= 0.6 is 0 Å². The summed E-state index contributed by atoms with van der Waals surface area (Å²) in [6.07, 6.45) is -3.58. The summed E-state index contributed by atoms with van der Waals surface area (Å²) in [4.78, 5) is 0.560. The number of sulfone groups is 1. The molecule has 0 aliphatic heterocycles.